The summed E-state index contributed by atoms with van der Waals surface area (Å²) in [5, 5.41) is 13.6. The number of amides is 1. The number of aromatic hydroxyl groups is 1. The first-order valence-electron chi connectivity index (χ1n) is 4.31. The molecule has 16 heavy (non-hydrogen) atoms. The number of hydrogen-bond acceptors (Lipinski definition) is 4. The van der Waals surface area contributed by atoms with Gasteiger partial charge in [-0.25, -0.2) is 10.4 Å². The summed E-state index contributed by atoms with van der Waals surface area (Å²) in [6, 6.07) is 4.22. The minimum atomic E-state index is -0.500. The van der Waals surface area contributed by atoms with Crippen LogP contribution in [0.5, 0.6) is 5.75 Å². The Hall–Kier alpha value is -2.08. The maximum Gasteiger partial charge on any atom is 0.275 e. The SMILES string of the molecule is O=C(Nn1cncn1)c1ccc(Cl)cc1O. The van der Waals surface area contributed by atoms with Gasteiger partial charge in [0.2, 0.25) is 0 Å². The summed E-state index contributed by atoms with van der Waals surface area (Å²) in [6.07, 6.45) is 2.60. The van der Waals surface area contributed by atoms with Crippen molar-refractivity contribution in [2.45, 2.75) is 0 Å². The largest absolute Gasteiger partial charge is 0.507 e. The molecule has 2 rings (SSSR count). The Morgan fingerprint density at radius 3 is 2.94 bits per heavy atom. The van der Waals surface area contributed by atoms with Gasteiger partial charge >= 0.3 is 0 Å². The Labute approximate surface area is 95.5 Å². The van der Waals surface area contributed by atoms with Crippen molar-refractivity contribution in [3.63, 3.8) is 0 Å². The number of nitrogens with one attached hydrogen (secondary N) is 1. The lowest BCUT2D eigenvalue weighted by atomic mass is 10.2. The molecule has 82 valence electrons. The van der Waals surface area contributed by atoms with Gasteiger partial charge in [0.15, 0.2) is 0 Å². The van der Waals surface area contributed by atoms with Crippen LogP contribution in [0, 0.1) is 0 Å². The Balaban J connectivity index is 2.21. The predicted molar refractivity (Wildman–Crippen MR) is 56.8 cm³/mol. The molecule has 0 aliphatic carbocycles. The smallest absolute Gasteiger partial charge is 0.275 e. The van der Waals surface area contributed by atoms with Gasteiger partial charge in [-0.1, -0.05) is 11.6 Å². The lowest BCUT2D eigenvalue weighted by Crippen LogP contribution is -2.23. The number of carbonyl (C=O) groups is 1. The lowest BCUT2D eigenvalue weighted by molar-refractivity contribution is 0.100. The van der Waals surface area contributed by atoms with E-state index in [1.165, 1.54) is 30.9 Å². The highest BCUT2D eigenvalue weighted by atomic mass is 35.5. The zero-order valence-corrected chi connectivity index (χ0v) is 8.72. The average molecular weight is 239 g/mol. The summed E-state index contributed by atoms with van der Waals surface area (Å²) in [7, 11) is 0. The first-order chi connectivity index (χ1) is 7.66. The van der Waals surface area contributed by atoms with E-state index < -0.39 is 5.91 Å². The maximum absolute atomic E-state index is 11.6. The molecule has 2 N–H and O–H groups in total. The number of benzene rings is 1. The van der Waals surface area contributed by atoms with Gasteiger partial charge in [-0.05, 0) is 18.2 Å². The van der Waals surface area contributed by atoms with E-state index >= 15 is 0 Å². The molecule has 1 aromatic carbocycles. The van der Waals surface area contributed by atoms with Crippen LogP contribution in [-0.2, 0) is 0 Å². The molecule has 2 aromatic rings. The zero-order chi connectivity index (χ0) is 11.5. The molecule has 0 bridgehead atoms. The van der Waals surface area contributed by atoms with E-state index in [2.05, 4.69) is 15.5 Å². The monoisotopic (exact) mass is 238 g/mol. The highest BCUT2D eigenvalue weighted by molar-refractivity contribution is 6.30. The Kier molecular flexibility index (Phi) is 2.74. The molecule has 0 spiro atoms. The van der Waals surface area contributed by atoms with Crippen molar-refractivity contribution < 1.29 is 9.90 Å². The fraction of sp³-hybridized carbons (Fsp3) is 0. The summed E-state index contributed by atoms with van der Waals surface area (Å²) < 4.78 is 0. The molecule has 7 heteroatoms. The van der Waals surface area contributed by atoms with E-state index in [-0.39, 0.29) is 11.3 Å². The highest BCUT2D eigenvalue weighted by Crippen LogP contribution is 2.21. The third-order valence-electron chi connectivity index (χ3n) is 1.84. The second kappa shape index (κ2) is 4.19. The van der Waals surface area contributed by atoms with Crippen molar-refractivity contribution in [3.8, 4) is 5.75 Å². The number of phenols is 1. The third kappa shape index (κ3) is 2.12. The van der Waals surface area contributed by atoms with Gasteiger partial charge < -0.3 is 5.11 Å². The number of halogens is 1. The normalized spacial score (nSPS) is 10.1. The van der Waals surface area contributed by atoms with Gasteiger partial charge in [0, 0.05) is 5.02 Å². The Morgan fingerprint density at radius 1 is 1.50 bits per heavy atom. The first-order valence-corrected chi connectivity index (χ1v) is 4.69. The number of aromatic nitrogens is 3. The molecule has 1 aromatic heterocycles. The first kappa shape index (κ1) is 10.4. The van der Waals surface area contributed by atoms with Crippen LogP contribution in [0.3, 0.4) is 0 Å². The molecule has 0 saturated carbocycles. The van der Waals surface area contributed by atoms with Crippen LogP contribution >= 0.6 is 11.6 Å². The summed E-state index contributed by atoms with van der Waals surface area (Å²) >= 11 is 5.65. The van der Waals surface area contributed by atoms with E-state index in [4.69, 9.17) is 11.6 Å². The molecule has 0 radical (unpaired) electrons. The Bertz CT molecular complexity index is 512. The van der Waals surface area contributed by atoms with Crippen LogP contribution in [0.4, 0.5) is 0 Å². The van der Waals surface area contributed by atoms with Crippen molar-refractivity contribution in [1.82, 2.24) is 14.9 Å². The standard InChI is InChI=1S/C9H7ClN4O2/c10-6-1-2-7(8(15)3-6)9(16)13-14-5-11-4-12-14/h1-5,15H,(H,13,16). The fourth-order valence-corrected chi connectivity index (χ4v) is 1.29. The average Bonchev–Trinajstić information content (AvgIpc) is 2.70. The van der Waals surface area contributed by atoms with Crippen molar-refractivity contribution in [1.29, 1.82) is 0 Å². The van der Waals surface area contributed by atoms with E-state index in [9.17, 15) is 9.90 Å². The second-order valence-electron chi connectivity index (χ2n) is 2.94. The molecule has 0 fully saturated rings. The summed E-state index contributed by atoms with van der Waals surface area (Å²) in [4.78, 5) is 16.4. The maximum atomic E-state index is 11.6. The molecule has 6 nitrogen and oxygen atoms in total. The number of carbonyl (C=O) groups excluding carboxylic acids is 1. The predicted octanol–water partition coefficient (Wildman–Crippen LogP) is 1.02. The summed E-state index contributed by atoms with van der Waals surface area (Å²) in [5.41, 5.74) is 2.51. The second-order valence-corrected chi connectivity index (χ2v) is 3.38. The highest BCUT2D eigenvalue weighted by Gasteiger charge is 2.11. The van der Waals surface area contributed by atoms with E-state index in [0.29, 0.717) is 5.02 Å². The van der Waals surface area contributed by atoms with Gasteiger partial charge in [0.1, 0.15) is 18.4 Å². The van der Waals surface area contributed by atoms with Gasteiger partial charge in [-0.15, -0.1) is 5.10 Å². The quantitative estimate of drug-likeness (QED) is 0.819. The van der Waals surface area contributed by atoms with Crippen molar-refractivity contribution in [2.24, 2.45) is 0 Å². The van der Waals surface area contributed by atoms with Crippen molar-refractivity contribution in [2.75, 3.05) is 5.43 Å². The number of rotatable bonds is 2. The van der Waals surface area contributed by atoms with Gasteiger partial charge in [-0.2, -0.15) is 4.79 Å². The van der Waals surface area contributed by atoms with Gasteiger partial charge in [0.25, 0.3) is 5.91 Å². The number of phenolic OH excluding ortho intramolecular Hbond substituents is 1. The van der Waals surface area contributed by atoms with Crippen LogP contribution in [0.2, 0.25) is 5.02 Å². The molecular weight excluding hydrogens is 232 g/mol. The van der Waals surface area contributed by atoms with Crippen LogP contribution in [0.25, 0.3) is 0 Å². The molecule has 1 amide bonds. The number of hydrogen-bond donors (Lipinski definition) is 2. The minimum absolute atomic E-state index is 0.111. The summed E-state index contributed by atoms with van der Waals surface area (Å²) in [6.45, 7) is 0. The van der Waals surface area contributed by atoms with Crippen LogP contribution < -0.4 is 5.43 Å². The fourth-order valence-electron chi connectivity index (χ4n) is 1.13. The molecule has 1 heterocycles. The van der Waals surface area contributed by atoms with Crippen LogP contribution in [0.1, 0.15) is 10.4 Å². The lowest BCUT2D eigenvalue weighted by Gasteiger charge is -2.05. The molecule has 0 aliphatic rings. The molecule has 0 saturated heterocycles. The van der Waals surface area contributed by atoms with Crippen LogP contribution in [0.15, 0.2) is 30.9 Å². The minimum Gasteiger partial charge on any atom is -0.507 e. The van der Waals surface area contributed by atoms with Gasteiger partial charge in [0.05, 0.1) is 5.56 Å². The van der Waals surface area contributed by atoms with E-state index in [1.807, 2.05) is 0 Å². The third-order valence-corrected chi connectivity index (χ3v) is 2.07. The Morgan fingerprint density at radius 2 is 2.31 bits per heavy atom. The summed E-state index contributed by atoms with van der Waals surface area (Å²) in [5.74, 6) is -0.690. The van der Waals surface area contributed by atoms with E-state index in [1.54, 1.807) is 0 Å². The van der Waals surface area contributed by atoms with Crippen molar-refractivity contribution >= 4 is 17.5 Å². The molecule has 0 unspecified atom stereocenters. The number of nitrogens with zero attached hydrogens (tertiary/aromatic N) is 3. The molecular formula is C9H7ClN4O2. The van der Waals surface area contributed by atoms with Crippen LogP contribution in [-0.4, -0.2) is 25.9 Å². The molecule has 0 atom stereocenters. The van der Waals surface area contributed by atoms with E-state index in [0.717, 1.165) is 4.79 Å². The zero-order valence-electron chi connectivity index (χ0n) is 7.96. The van der Waals surface area contributed by atoms with Crippen molar-refractivity contribution in [3.05, 3.63) is 41.4 Å². The molecule has 0 aliphatic heterocycles. The topological polar surface area (TPSA) is 80.0 Å². The van der Waals surface area contributed by atoms with Gasteiger partial charge in [-0.3, -0.25) is 4.79 Å².